The van der Waals surface area contributed by atoms with Crippen LogP contribution in [0.3, 0.4) is 0 Å². The Labute approximate surface area is 129 Å². The van der Waals surface area contributed by atoms with Gasteiger partial charge >= 0.3 is 5.69 Å². The van der Waals surface area contributed by atoms with E-state index in [0.717, 1.165) is 17.6 Å². The van der Waals surface area contributed by atoms with Gasteiger partial charge in [0.2, 0.25) is 0 Å². The van der Waals surface area contributed by atoms with E-state index in [1.807, 2.05) is 6.07 Å². The van der Waals surface area contributed by atoms with Crippen LogP contribution in [0, 0.1) is 11.6 Å². The first-order chi connectivity index (χ1) is 11.0. The summed E-state index contributed by atoms with van der Waals surface area (Å²) < 4.78 is 27.7. The first-order valence-corrected chi connectivity index (χ1v) is 6.96. The summed E-state index contributed by atoms with van der Waals surface area (Å²) in [7, 11) is 0. The molecule has 23 heavy (non-hydrogen) atoms. The monoisotopic (exact) mass is 317 g/mol. The molecule has 1 aromatic heterocycles. The van der Waals surface area contributed by atoms with E-state index in [2.05, 4.69) is 10.3 Å². The Bertz CT molecular complexity index is 910. The molecule has 3 aromatic rings. The molecular formula is C16H13F2N3O2. The van der Waals surface area contributed by atoms with Crippen molar-refractivity contribution in [1.82, 2.24) is 14.9 Å². The van der Waals surface area contributed by atoms with Crippen molar-refractivity contribution in [1.29, 1.82) is 0 Å². The lowest BCUT2D eigenvalue weighted by Gasteiger charge is -2.07. The predicted octanol–water partition coefficient (Wildman–Crippen LogP) is 2.04. The smallest absolute Gasteiger partial charge is 0.326 e. The van der Waals surface area contributed by atoms with E-state index in [-0.39, 0.29) is 24.3 Å². The molecule has 118 valence electrons. The highest BCUT2D eigenvalue weighted by molar-refractivity contribution is 5.94. The number of hydrogen-bond acceptors (Lipinski definition) is 2. The zero-order chi connectivity index (χ0) is 16.4. The molecule has 0 unspecified atom stereocenters. The maximum atomic E-state index is 13.1. The Balaban J connectivity index is 1.70. The average Bonchev–Trinajstić information content (AvgIpc) is 2.82. The minimum Gasteiger partial charge on any atom is -0.350 e. The molecule has 0 aliphatic carbocycles. The zero-order valence-corrected chi connectivity index (χ0v) is 12.0. The van der Waals surface area contributed by atoms with E-state index in [4.69, 9.17) is 0 Å². The lowest BCUT2D eigenvalue weighted by Crippen LogP contribution is -2.30. The summed E-state index contributed by atoms with van der Waals surface area (Å²) in [6.07, 6.45) is 0. The van der Waals surface area contributed by atoms with Gasteiger partial charge in [0.05, 0.1) is 11.0 Å². The summed E-state index contributed by atoms with van der Waals surface area (Å²) in [5.41, 5.74) is 1.05. The molecule has 1 heterocycles. The molecule has 0 saturated carbocycles. The summed E-state index contributed by atoms with van der Waals surface area (Å²) in [4.78, 5) is 26.5. The topological polar surface area (TPSA) is 66.9 Å². The Hall–Kier alpha value is -2.96. The third-order valence-electron chi connectivity index (χ3n) is 3.43. The molecule has 5 nitrogen and oxygen atoms in total. The maximum Gasteiger partial charge on any atom is 0.326 e. The Morgan fingerprint density at radius 2 is 1.83 bits per heavy atom. The molecule has 0 spiro atoms. The fraction of sp³-hybridized carbons (Fsp3) is 0.125. The summed E-state index contributed by atoms with van der Waals surface area (Å²) in [5, 5.41) is 2.54. The van der Waals surface area contributed by atoms with Crippen LogP contribution in [0.2, 0.25) is 0 Å². The van der Waals surface area contributed by atoms with Crippen LogP contribution < -0.4 is 11.0 Å². The number of aromatic nitrogens is 2. The van der Waals surface area contributed by atoms with Gasteiger partial charge in [-0.25, -0.2) is 13.6 Å². The fourth-order valence-electron chi connectivity index (χ4n) is 2.40. The van der Waals surface area contributed by atoms with Gasteiger partial charge in [0, 0.05) is 24.7 Å². The number of imidazole rings is 1. The van der Waals surface area contributed by atoms with E-state index >= 15 is 0 Å². The number of para-hydroxylation sites is 2. The van der Waals surface area contributed by atoms with Crippen molar-refractivity contribution in [3.05, 3.63) is 70.1 Å². The number of carbonyl (C=O) groups is 1. The van der Waals surface area contributed by atoms with Crippen LogP contribution >= 0.6 is 0 Å². The minimum atomic E-state index is -0.817. The first-order valence-electron chi connectivity index (χ1n) is 6.96. The Morgan fingerprint density at radius 1 is 1.13 bits per heavy atom. The summed E-state index contributed by atoms with van der Waals surface area (Å²) in [5.74, 6) is -2.23. The van der Waals surface area contributed by atoms with E-state index in [1.54, 1.807) is 18.2 Å². The van der Waals surface area contributed by atoms with Gasteiger partial charge in [0.1, 0.15) is 11.6 Å². The molecule has 0 saturated heterocycles. The number of aromatic amines is 1. The second-order valence-electron chi connectivity index (χ2n) is 5.01. The van der Waals surface area contributed by atoms with Crippen molar-refractivity contribution in [2.75, 3.05) is 6.54 Å². The van der Waals surface area contributed by atoms with Gasteiger partial charge in [-0.2, -0.15) is 0 Å². The van der Waals surface area contributed by atoms with Crippen molar-refractivity contribution in [2.24, 2.45) is 0 Å². The minimum absolute atomic E-state index is 0.103. The van der Waals surface area contributed by atoms with Crippen molar-refractivity contribution in [3.63, 3.8) is 0 Å². The third kappa shape index (κ3) is 3.13. The van der Waals surface area contributed by atoms with Crippen LogP contribution in [0.15, 0.2) is 47.3 Å². The van der Waals surface area contributed by atoms with E-state index < -0.39 is 17.5 Å². The van der Waals surface area contributed by atoms with Gasteiger partial charge in [-0.1, -0.05) is 12.1 Å². The SMILES string of the molecule is O=C(NCCn1c(=O)[nH]c2ccccc21)c1cc(F)cc(F)c1. The van der Waals surface area contributed by atoms with Crippen LogP contribution in [-0.2, 0) is 6.54 Å². The molecule has 0 aliphatic heterocycles. The predicted molar refractivity (Wildman–Crippen MR) is 81.2 cm³/mol. The molecule has 0 aliphatic rings. The normalized spacial score (nSPS) is 10.9. The number of carbonyl (C=O) groups excluding carboxylic acids is 1. The first kappa shape index (κ1) is 15.0. The molecule has 7 heteroatoms. The number of amides is 1. The highest BCUT2D eigenvalue weighted by Gasteiger charge is 2.10. The van der Waals surface area contributed by atoms with E-state index in [9.17, 15) is 18.4 Å². The number of nitrogens with zero attached hydrogens (tertiary/aromatic N) is 1. The van der Waals surface area contributed by atoms with Crippen LogP contribution in [-0.4, -0.2) is 22.0 Å². The van der Waals surface area contributed by atoms with Crippen LogP contribution in [0.5, 0.6) is 0 Å². The van der Waals surface area contributed by atoms with Gasteiger partial charge in [0.25, 0.3) is 5.91 Å². The number of nitrogens with one attached hydrogen (secondary N) is 2. The summed E-state index contributed by atoms with van der Waals surface area (Å²) in [6.45, 7) is 0.394. The number of benzene rings is 2. The Kier molecular flexibility index (Phi) is 3.92. The second-order valence-corrected chi connectivity index (χ2v) is 5.01. The molecule has 0 bridgehead atoms. The van der Waals surface area contributed by atoms with Gasteiger partial charge < -0.3 is 10.3 Å². The Morgan fingerprint density at radius 3 is 2.57 bits per heavy atom. The number of halogens is 2. The molecule has 1 amide bonds. The molecule has 0 radical (unpaired) electrons. The van der Waals surface area contributed by atoms with E-state index in [1.165, 1.54) is 4.57 Å². The van der Waals surface area contributed by atoms with Gasteiger partial charge in [0.15, 0.2) is 0 Å². The van der Waals surface area contributed by atoms with Crippen LogP contribution in [0.4, 0.5) is 8.78 Å². The van der Waals surface area contributed by atoms with Crippen molar-refractivity contribution in [2.45, 2.75) is 6.54 Å². The summed E-state index contributed by atoms with van der Waals surface area (Å²) >= 11 is 0. The fourth-order valence-corrected chi connectivity index (χ4v) is 2.40. The van der Waals surface area contributed by atoms with Crippen molar-refractivity contribution in [3.8, 4) is 0 Å². The average molecular weight is 317 g/mol. The van der Waals surface area contributed by atoms with Gasteiger partial charge in [-0.3, -0.25) is 9.36 Å². The molecular weight excluding hydrogens is 304 g/mol. The number of fused-ring (bicyclic) bond motifs is 1. The highest BCUT2D eigenvalue weighted by Crippen LogP contribution is 2.09. The number of hydrogen-bond donors (Lipinski definition) is 2. The van der Waals surface area contributed by atoms with Gasteiger partial charge in [-0.15, -0.1) is 0 Å². The lowest BCUT2D eigenvalue weighted by atomic mass is 10.2. The van der Waals surface area contributed by atoms with Crippen LogP contribution in [0.25, 0.3) is 11.0 Å². The van der Waals surface area contributed by atoms with Crippen molar-refractivity contribution < 1.29 is 13.6 Å². The lowest BCUT2D eigenvalue weighted by molar-refractivity contribution is 0.0951. The quantitative estimate of drug-likeness (QED) is 0.773. The number of rotatable bonds is 4. The van der Waals surface area contributed by atoms with E-state index in [0.29, 0.717) is 11.6 Å². The molecule has 2 N–H and O–H groups in total. The summed E-state index contributed by atoms with van der Waals surface area (Å²) in [6, 6.07) is 9.79. The second kappa shape index (κ2) is 6.04. The molecule has 0 fully saturated rings. The zero-order valence-electron chi connectivity index (χ0n) is 12.0. The van der Waals surface area contributed by atoms with Crippen molar-refractivity contribution >= 4 is 16.9 Å². The largest absolute Gasteiger partial charge is 0.350 e. The molecule has 3 rings (SSSR count). The van der Waals surface area contributed by atoms with Crippen LogP contribution in [0.1, 0.15) is 10.4 Å². The molecule has 0 atom stereocenters. The standard InChI is InChI=1S/C16H13F2N3O2/c17-11-7-10(8-12(18)9-11)15(22)19-5-6-21-14-4-2-1-3-13(14)20-16(21)23/h1-4,7-9H,5-6H2,(H,19,22)(H,20,23). The number of H-pyrrole nitrogens is 1. The van der Waals surface area contributed by atoms with Gasteiger partial charge in [-0.05, 0) is 24.3 Å². The third-order valence-corrected chi connectivity index (χ3v) is 3.43. The molecule has 2 aromatic carbocycles. The maximum absolute atomic E-state index is 13.1. The highest BCUT2D eigenvalue weighted by atomic mass is 19.1.